The molecule has 0 spiro atoms. The van der Waals surface area contributed by atoms with Crippen molar-refractivity contribution in [3.8, 4) is 0 Å². The molecule has 2 rings (SSSR count). The van der Waals surface area contributed by atoms with Gasteiger partial charge >= 0.3 is 0 Å². The van der Waals surface area contributed by atoms with Crippen molar-refractivity contribution in [1.29, 1.82) is 0 Å². The van der Waals surface area contributed by atoms with E-state index in [1.54, 1.807) is 0 Å². The van der Waals surface area contributed by atoms with Crippen molar-refractivity contribution in [1.82, 2.24) is 10.3 Å². The van der Waals surface area contributed by atoms with E-state index in [1.807, 2.05) is 6.20 Å². The van der Waals surface area contributed by atoms with E-state index in [0.29, 0.717) is 18.6 Å². The molecule has 1 heterocycles. The van der Waals surface area contributed by atoms with Gasteiger partial charge in [0.05, 0.1) is 18.4 Å². The van der Waals surface area contributed by atoms with Gasteiger partial charge < -0.3 is 10.1 Å². The molecule has 1 aliphatic rings. The average molecular weight is 262 g/mol. The standard InChI is InChI=1S/C16H26N2O/c1-13(2)9-17-10-14-7-8-15(18-11-14)12-19-16-5-3-4-6-16/h7-8,11,13,16-17H,3-6,9-10,12H2,1-2H3. The highest BCUT2D eigenvalue weighted by Gasteiger charge is 2.15. The number of nitrogens with zero attached hydrogens (tertiary/aromatic N) is 1. The van der Waals surface area contributed by atoms with Crippen LogP contribution in [0.3, 0.4) is 0 Å². The molecular formula is C16H26N2O. The lowest BCUT2D eigenvalue weighted by atomic mass is 10.2. The van der Waals surface area contributed by atoms with Gasteiger partial charge in [0.1, 0.15) is 0 Å². The zero-order valence-electron chi connectivity index (χ0n) is 12.2. The summed E-state index contributed by atoms with van der Waals surface area (Å²) in [7, 11) is 0. The molecule has 1 aromatic rings. The fourth-order valence-electron chi connectivity index (χ4n) is 2.41. The maximum absolute atomic E-state index is 5.86. The molecule has 1 aliphatic carbocycles. The Bertz CT molecular complexity index is 356. The van der Waals surface area contributed by atoms with Gasteiger partial charge in [-0.15, -0.1) is 0 Å². The minimum absolute atomic E-state index is 0.467. The van der Waals surface area contributed by atoms with Gasteiger partial charge in [-0.1, -0.05) is 32.8 Å². The molecule has 0 atom stereocenters. The first-order chi connectivity index (χ1) is 9.24. The Labute approximate surface area is 116 Å². The second-order valence-electron chi connectivity index (χ2n) is 5.90. The van der Waals surface area contributed by atoms with Crippen LogP contribution in [0.25, 0.3) is 0 Å². The number of nitrogens with one attached hydrogen (secondary N) is 1. The molecular weight excluding hydrogens is 236 g/mol. The fourth-order valence-corrected chi connectivity index (χ4v) is 2.41. The van der Waals surface area contributed by atoms with Crippen molar-refractivity contribution in [3.63, 3.8) is 0 Å². The molecule has 0 unspecified atom stereocenters. The topological polar surface area (TPSA) is 34.1 Å². The van der Waals surface area contributed by atoms with Gasteiger partial charge in [-0.2, -0.15) is 0 Å². The van der Waals surface area contributed by atoms with Crippen molar-refractivity contribution in [2.75, 3.05) is 6.54 Å². The van der Waals surface area contributed by atoms with Gasteiger partial charge in [-0.05, 0) is 36.9 Å². The monoisotopic (exact) mass is 262 g/mol. The van der Waals surface area contributed by atoms with Crippen molar-refractivity contribution in [2.24, 2.45) is 5.92 Å². The molecule has 0 aromatic carbocycles. The summed E-state index contributed by atoms with van der Waals surface area (Å²) in [6, 6.07) is 4.23. The van der Waals surface area contributed by atoms with Crippen LogP contribution in [0.2, 0.25) is 0 Å². The van der Waals surface area contributed by atoms with Crippen molar-refractivity contribution in [3.05, 3.63) is 29.6 Å². The van der Waals surface area contributed by atoms with Crippen molar-refractivity contribution >= 4 is 0 Å². The summed E-state index contributed by atoms with van der Waals surface area (Å²) in [5.74, 6) is 0.687. The summed E-state index contributed by atoms with van der Waals surface area (Å²) in [6.07, 6.45) is 7.50. The van der Waals surface area contributed by atoms with Crippen LogP contribution in [0, 0.1) is 5.92 Å². The van der Waals surface area contributed by atoms with Crippen LogP contribution in [-0.2, 0) is 17.9 Å². The number of ether oxygens (including phenoxy) is 1. The van der Waals surface area contributed by atoms with E-state index in [4.69, 9.17) is 4.74 Å². The molecule has 0 amide bonds. The van der Waals surface area contributed by atoms with Gasteiger partial charge in [0, 0.05) is 12.7 Å². The summed E-state index contributed by atoms with van der Waals surface area (Å²) in [4.78, 5) is 4.47. The van der Waals surface area contributed by atoms with Crippen LogP contribution >= 0.6 is 0 Å². The summed E-state index contributed by atoms with van der Waals surface area (Å²) in [5.41, 5.74) is 2.28. The van der Waals surface area contributed by atoms with Crippen LogP contribution in [0.15, 0.2) is 18.3 Å². The quantitative estimate of drug-likeness (QED) is 0.819. The Morgan fingerprint density at radius 2 is 2.11 bits per heavy atom. The number of pyridine rings is 1. The first-order valence-electron chi connectivity index (χ1n) is 7.50. The Hall–Kier alpha value is -0.930. The van der Waals surface area contributed by atoms with E-state index in [0.717, 1.165) is 18.8 Å². The molecule has 0 bridgehead atoms. The van der Waals surface area contributed by atoms with Gasteiger partial charge in [-0.25, -0.2) is 0 Å². The minimum atomic E-state index is 0.467. The molecule has 3 heteroatoms. The fraction of sp³-hybridized carbons (Fsp3) is 0.688. The van der Waals surface area contributed by atoms with Crippen LogP contribution in [-0.4, -0.2) is 17.6 Å². The molecule has 1 N–H and O–H groups in total. The molecule has 106 valence electrons. The molecule has 1 fully saturated rings. The Morgan fingerprint density at radius 1 is 1.32 bits per heavy atom. The predicted octanol–water partition coefficient (Wildman–Crippen LogP) is 3.29. The average Bonchev–Trinajstić information content (AvgIpc) is 2.90. The molecule has 0 aliphatic heterocycles. The Morgan fingerprint density at radius 3 is 2.74 bits per heavy atom. The van der Waals surface area contributed by atoms with Crippen LogP contribution in [0.1, 0.15) is 50.8 Å². The predicted molar refractivity (Wildman–Crippen MR) is 77.8 cm³/mol. The summed E-state index contributed by atoms with van der Waals surface area (Å²) >= 11 is 0. The molecule has 1 saturated carbocycles. The first-order valence-corrected chi connectivity index (χ1v) is 7.50. The van der Waals surface area contributed by atoms with Crippen molar-refractivity contribution < 1.29 is 4.74 Å². The van der Waals surface area contributed by atoms with Gasteiger partial charge in [0.25, 0.3) is 0 Å². The second kappa shape index (κ2) is 7.61. The van der Waals surface area contributed by atoms with Crippen LogP contribution in [0.5, 0.6) is 0 Å². The van der Waals surface area contributed by atoms with E-state index in [2.05, 4.69) is 36.3 Å². The zero-order valence-corrected chi connectivity index (χ0v) is 12.2. The third-order valence-corrected chi connectivity index (χ3v) is 3.54. The Balaban J connectivity index is 1.71. The smallest absolute Gasteiger partial charge is 0.0891 e. The summed E-state index contributed by atoms with van der Waals surface area (Å²) in [6.45, 7) is 7.04. The third kappa shape index (κ3) is 5.29. The SMILES string of the molecule is CC(C)CNCc1ccc(COC2CCCC2)nc1. The lowest BCUT2D eigenvalue weighted by molar-refractivity contribution is 0.0438. The first kappa shape index (κ1) is 14.5. The molecule has 1 aromatic heterocycles. The minimum Gasteiger partial charge on any atom is -0.372 e. The highest BCUT2D eigenvalue weighted by Crippen LogP contribution is 2.21. The summed E-state index contributed by atoms with van der Waals surface area (Å²) in [5, 5.41) is 3.43. The zero-order chi connectivity index (χ0) is 13.5. The van der Waals surface area contributed by atoms with Crippen LogP contribution in [0.4, 0.5) is 0 Å². The normalized spacial score (nSPS) is 16.4. The van der Waals surface area contributed by atoms with E-state index in [9.17, 15) is 0 Å². The van der Waals surface area contributed by atoms with Gasteiger partial charge in [-0.3, -0.25) is 4.98 Å². The largest absolute Gasteiger partial charge is 0.372 e. The Kier molecular flexibility index (Phi) is 5.80. The number of rotatable bonds is 7. The van der Waals surface area contributed by atoms with E-state index in [-0.39, 0.29) is 0 Å². The molecule has 3 nitrogen and oxygen atoms in total. The van der Waals surface area contributed by atoms with E-state index < -0.39 is 0 Å². The lowest BCUT2D eigenvalue weighted by Crippen LogP contribution is -2.19. The molecule has 0 saturated heterocycles. The lowest BCUT2D eigenvalue weighted by Gasteiger charge is -2.11. The molecule has 19 heavy (non-hydrogen) atoms. The maximum atomic E-state index is 5.86. The summed E-state index contributed by atoms with van der Waals surface area (Å²) < 4.78 is 5.86. The third-order valence-electron chi connectivity index (χ3n) is 3.54. The highest BCUT2D eigenvalue weighted by molar-refractivity contribution is 5.13. The van der Waals surface area contributed by atoms with Crippen molar-refractivity contribution in [2.45, 2.75) is 58.8 Å². The number of aromatic nitrogens is 1. The number of hydrogen-bond acceptors (Lipinski definition) is 3. The van der Waals surface area contributed by atoms with E-state index >= 15 is 0 Å². The van der Waals surface area contributed by atoms with Gasteiger partial charge in [0.15, 0.2) is 0 Å². The van der Waals surface area contributed by atoms with E-state index in [1.165, 1.54) is 31.2 Å². The number of hydrogen-bond donors (Lipinski definition) is 1. The second-order valence-corrected chi connectivity index (χ2v) is 5.90. The maximum Gasteiger partial charge on any atom is 0.0891 e. The highest BCUT2D eigenvalue weighted by atomic mass is 16.5. The van der Waals surface area contributed by atoms with Gasteiger partial charge in [0.2, 0.25) is 0 Å². The van der Waals surface area contributed by atoms with Crippen LogP contribution < -0.4 is 5.32 Å². The molecule has 0 radical (unpaired) electrons.